The van der Waals surface area contributed by atoms with Crippen LogP contribution in [0.1, 0.15) is 39.0 Å². The van der Waals surface area contributed by atoms with E-state index in [4.69, 9.17) is 4.74 Å². The summed E-state index contributed by atoms with van der Waals surface area (Å²) in [6.45, 7) is 6.84. The number of hydrogen-bond donors (Lipinski definition) is 2. The average molecular weight is 461 g/mol. The highest BCUT2D eigenvalue weighted by Crippen LogP contribution is 2.26. The van der Waals surface area contributed by atoms with Gasteiger partial charge in [0.05, 0.1) is 11.4 Å². The van der Waals surface area contributed by atoms with Gasteiger partial charge in [-0.15, -0.1) is 0 Å². The number of rotatable bonds is 7. The lowest BCUT2D eigenvalue weighted by Crippen LogP contribution is -2.29. The zero-order valence-electron chi connectivity index (χ0n) is 19.7. The van der Waals surface area contributed by atoms with Crippen LogP contribution in [0.4, 0.5) is 5.82 Å². The van der Waals surface area contributed by atoms with Gasteiger partial charge in [-0.1, -0.05) is 69.3 Å². The Hall–Kier alpha value is -4.20. The summed E-state index contributed by atoms with van der Waals surface area (Å²) < 4.78 is 6.80. The molecule has 34 heavy (non-hydrogen) atoms. The molecule has 3 rings (SSSR count). The second-order valence-corrected chi connectivity index (χ2v) is 8.69. The number of carbonyl (C=O) groups excluding carboxylic acids is 3. The first-order chi connectivity index (χ1) is 16.1. The molecule has 0 aliphatic rings. The van der Waals surface area contributed by atoms with Gasteiger partial charge in [0.15, 0.2) is 6.61 Å². The van der Waals surface area contributed by atoms with Crippen LogP contribution in [0.2, 0.25) is 0 Å². The van der Waals surface area contributed by atoms with Crippen molar-refractivity contribution in [3.63, 3.8) is 0 Å². The fourth-order valence-electron chi connectivity index (χ4n) is 3.04. The van der Waals surface area contributed by atoms with Crippen LogP contribution in [0.25, 0.3) is 11.8 Å². The van der Waals surface area contributed by atoms with Gasteiger partial charge in [0.2, 0.25) is 5.91 Å². The molecule has 0 unspecified atom stereocenters. The summed E-state index contributed by atoms with van der Waals surface area (Å²) in [5.41, 5.74) is 1.98. The molecule has 176 valence electrons. The number of anilines is 1. The first kappa shape index (κ1) is 24.4. The lowest BCUT2D eigenvalue weighted by atomic mass is 9.92. The van der Waals surface area contributed by atoms with E-state index in [2.05, 4.69) is 15.7 Å². The summed E-state index contributed by atoms with van der Waals surface area (Å²) in [7, 11) is 0. The largest absolute Gasteiger partial charge is 0.451 e. The van der Waals surface area contributed by atoms with Crippen LogP contribution >= 0.6 is 0 Å². The third-order valence-electron chi connectivity index (χ3n) is 4.72. The Morgan fingerprint density at radius 3 is 2.21 bits per heavy atom. The minimum Gasteiger partial charge on any atom is -0.451 e. The maximum absolute atomic E-state index is 12.6. The molecule has 1 aromatic heterocycles. The Labute approximate surface area is 198 Å². The highest BCUT2D eigenvalue weighted by Gasteiger charge is 2.22. The monoisotopic (exact) mass is 460 g/mol. The molecule has 2 aromatic carbocycles. The van der Waals surface area contributed by atoms with Gasteiger partial charge in [0, 0.05) is 18.4 Å². The molecular weight excluding hydrogens is 432 g/mol. The van der Waals surface area contributed by atoms with Crippen LogP contribution in [0.15, 0.2) is 72.4 Å². The summed E-state index contributed by atoms with van der Waals surface area (Å²) in [6.07, 6.45) is 1.49. The molecule has 2 amide bonds. The van der Waals surface area contributed by atoms with E-state index in [1.165, 1.54) is 13.0 Å². The van der Waals surface area contributed by atoms with Crippen molar-refractivity contribution >= 4 is 29.7 Å². The zero-order chi connectivity index (χ0) is 24.7. The topological polar surface area (TPSA) is 102 Å². The van der Waals surface area contributed by atoms with E-state index in [9.17, 15) is 14.4 Å². The lowest BCUT2D eigenvalue weighted by molar-refractivity contribution is -0.144. The first-order valence-electron chi connectivity index (χ1n) is 10.8. The SMILES string of the molecule is CC(=O)N/C(=C\c1ccccc1)C(=O)OCC(=O)Nc1cc(C(C)(C)C)nn1-c1ccccc1. The van der Waals surface area contributed by atoms with Crippen molar-refractivity contribution in [3.8, 4) is 5.69 Å². The second kappa shape index (κ2) is 10.6. The Kier molecular flexibility index (Phi) is 7.63. The molecule has 0 aliphatic heterocycles. The van der Waals surface area contributed by atoms with Gasteiger partial charge in [-0.2, -0.15) is 5.10 Å². The molecule has 0 bridgehead atoms. The van der Waals surface area contributed by atoms with Gasteiger partial charge < -0.3 is 15.4 Å². The van der Waals surface area contributed by atoms with Crippen molar-refractivity contribution in [1.82, 2.24) is 15.1 Å². The molecule has 0 atom stereocenters. The molecule has 0 saturated carbocycles. The molecular formula is C26H28N4O4. The van der Waals surface area contributed by atoms with Crippen LogP contribution in [0.3, 0.4) is 0 Å². The molecule has 8 nitrogen and oxygen atoms in total. The van der Waals surface area contributed by atoms with E-state index in [1.54, 1.807) is 35.0 Å². The molecule has 0 aliphatic carbocycles. The number of esters is 1. The second-order valence-electron chi connectivity index (χ2n) is 8.69. The van der Waals surface area contributed by atoms with Crippen molar-refractivity contribution < 1.29 is 19.1 Å². The summed E-state index contributed by atoms with van der Waals surface area (Å²) in [4.78, 5) is 36.7. The number of carbonyl (C=O) groups is 3. The van der Waals surface area contributed by atoms with Crippen LogP contribution in [-0.2, 0) is 24.5 Å². The number of hydrogen-bond acceptors (Lipinski definition) is 5. The van der Waals surface area contributed by atoms with Crippen molar-refractivity contribution in [3.05, 3.63) is 83.7 Å². The van der Waals surface area contributed by atoms with E-state index >= 15 is 0 Å². The smallest absolute Gasteiger partial charge is 0.355 e. The molecule has 2 N–H and O–H groups in total. The van der Waals surface area contributed by atoms with Gasteiger partial charge in [0.25, 0.3) is 5.91 Å². The highest BCUT2D eigenvalue weighted by molar-refractivity contribution is 5.99. The minimum absolute atomic E-state index is 0.0594. The molecule has 0 fully saturated rings. The van der Waals surface area contributed by atoms with Gasteiger partial charge in [-0.25, -0.2) is 9.48 Å². The van der Waals surface area contributed by atoms with Crippen LogP contribution in [-0.4, -0.2) is 34.2 Å². The van der Waals surface area contributed by atoms with Gasteiger partial charge in [-0.05, 0) is 23.8 Å². The van der Waals surface area contributed by atoms with Crippen molar-refractivity contribution in [1.29, 1.82) is 0 Å². The average Bonchev–Trinajstić information content (AvgIpc) is 3.22. The summed E-state index contributed by atoms with van der Waals surface area (Å²) in [5, 5.41) is 9.86. The summed E-state index contributed by atoms with van der Waals surface area (Å²) in [5.74, 6) is -1.32. The number of nitrogens with one attached hydrogen (secondary N) is 2. The molecule has 3 aromatic rings. The maximum Gasteiger partial charge on any atom is 0.355 e. The lowest BCUT2D eigenvalue weighted by Gasteiger charge is -2.14. The number of benzene rings is 2. The van der Waals surface area contributed by atoms with Crippen molar-refractivity contribution in [2.45, 2.75) is 33.1 Å². The van der Waals surface area contributed by atoms with Gasteiger partial charge in [0.1, 0.15) is 11.5 Å². The van der Waals surface area contributed by atoms with Gasteiger partial charge in [-0.3, -0.25) is 9.59 Å². The van der Waals surface area contributed by atoms with E-state index in [1.807, 2.05) is 57.2 Å². The highest BCUT2D eigenvalue weighted by atomic mass is 16.5. The Morgan fingerprint density at radius 2 is 1.62 bits per heavy atom. The Morgan fingerprint density at radius 1 is 1.00 bits per heavy atom. The standard InChI is InChI=1S/C26H28N4O4/c1-18(31)27-21(15-19-11-7-5-8-12-19)25(33)34-17-24(32)28-23-16-22(26(2,3)4)29-30(23)20-13-9-6-10-14-20/h5-16H,17H2,1-4H3,(H,27,31)(H,28,32)/b21-15-. The quantitative estimate of drug-likeness (QED) is 0.412. The fourth-order valence-corrected chi connectivity index (χ4v) is 3.04. The predicted octanol–water partition coefficient (Wildman–Crippen LogP) is 3.83. The zero-order valence-corrected chi connectivity index (χ0v) is 19.7. The third kappa shape index (κ3) is 6.65. The molecule has 0 saturated heterocycles. The van der Waals surface area contributed by atoms with Crippen LogP contribution in [0.5, 0.6) is 0 Å². The molecule has 0 radical (unpaired) electrons. The Bertz CT molecular complexity index is 1190. The van der Waals surface area contributed by atoms with Gasteiger partial charge >= 0.3 is 5.97 Å². The predicted molar refractivity (Wildman–Crippen MR) is 130 cm³/mol. The van der Waals surface area contributed by atoms with Crippen LogP contribution < -0.4 is 10.6 Å². The number of aromatic nitrogens is 2. The minimum atomic E-state index is -0.818. The first-order valence-corrected chi connectivity index (χ1v) is 10.8. The normalized spacial score (nSPS) is 11.6. The van der Waals surface area contributed by atoms with E-state index in [0.717, 1.165) is 11.4 Å². The van der Waals surface area contributed by atoms with E-state index in [-0.39, 0.29) is 11.1 Å². The summed E-state index contributed by atoms with van der Waals surface area (Å²) in [6, 6.07) is 20.2. The Balaban J connectivity index is 1.74. The van der Waals surface area contributed by atoms with Crippen molar-refractivity contribution in [2.24, 2.45) is 0 Å². The van der Waals surface area contributed by atoms with Crippen molar-refractivity contribution in [2.75, 3.05) is 11.9 Å². The fraction of sp³-hybridized carbons (Fsp3) is 0.231. The maximum atomic E-state index is 12.6. The number of nitrogens with zero attached hydrogens (tertiary/aromatic N) is 2. The van der Waals surface area contributed by atoms with Crippen LogP contribution in [0, 0.1) is 0 Å². The van der Waals surface area contributed by atoms with E-state index in [0.29, 0.717) is 11.4 Å². The molecule has 1 heterocycles. The number of amides is 2. The third-order valence-corrected chi connectivity index (χ3v) is 4.72. The summed E-state index contributed by atoms with van der Waals surface area (Å²) >= 11 is 0. The number of para-hydroxylation sites is 1. The van der Waals surface area contributed by atoms with E-state index < -0.39 is 24.4 Å². The molecule has 8 heteroatoms. The molecule has 0 spiro atoms. The number of ether oxygens (including phenoxy) is 1.